The van der Waals surface area contributed by atoms with Gasteiger partial charge in [-0.05, 0) is 83.8 Å². The number of amides is 1. The third kappa shape index (κ3) is 4.78. The molecule has 1 aliphatic rings. The Bertz CT molecular complexity index is 953. The van der Waals surface area contributed by atoms with Crippen LogP contribution in [0.15, 0.2) is 47.4 Å². The standard InChI is InChI=1S/C20H23IN2O4S/c1-14-9-11-23(12-10-14)20(24)18-13-17(7-8-19(18)27-2)28(25,26)22-16-5-3-15(21)4-6-16/h3-8,13-14,22H,9-12H2,1-2H3. The number of methoxy groups -OCH3 is 1. The van der Waals surface area contributed by atoms with Crippen molar-refractivity contribution >= 4 is 44.2 Å². The van der Waals surface area contributed by atoms with Crippen LogP contribution in [0.3, 0.4) is 0 Å². The largest absolute Gasteiger partial charge is 0.496 e. The van der Waals surface area contributed by atoms with Crippen molar-refractivity contribution in [2.24, 2.45) is 5.92 Å². The molecule has 1 N–H and O–H groups in total. The fourth-order valence-electron chi connectivity index (χ4n) is 3.14. The highest BCUT2D eigenvalue weighted by atomic mass is 127. The SMILES string of the molecule is COc1ccc(S(=O)(=O)Nc2ccc(I)cc2)cc1C(=O)N1CCC(C)CC1. The highest BCUT2D eigenvalue weighted by molar-refractivity contribution is 14.1. The van der Waals surface area contributed by atoms with Gasteiger partial charge in [0.1, 0.15) is 5.75 Å². The van der Waals surface area contributed by atoms with Gasteiger partial charge >= 0.3 is 0 Å². The Morgan fingerprint density at radius 1 is 1.14 bits per heavy atom. The van der Waals surface area contributed by atoms with Crippen molar-refractivity contribution in [3.8, 4) is 5.75 Å². The number of carbonyl (C=O) groups excluding carboxylic acids is 1. The number of hydrogen-bond acceptors (Lipinski definition) is 4. The molecule has 0 saturated carbocycles. The lowest BCUT2D eigenvalue weighted by Gasteiger charge is -2.30. The molecule has 0 aliphatic carbocycles. The molecule has 2 aromatic rings. The number of nitrogens with zero attached hydrogens (tertiary/aromatic N) is 1. The molecule has 8 heteroatoms. The van der Waals surface area contributed by atoms with Crippen molar-refractivity contribution in [2.45, 2.75) is 24.7 Å². The van der Waals surface area contributed by atoms with E-state index >= 15 is 0 Å². The molecular formula is C20H23IN2O4S. The second-order valence-corrected chi connectivity index (χ2v) is 9.88. The van der Waals surface area contributed by atoms with Gasteiger partial charge in [0.25, 0.3) is 15.9 Å². The molecule has 2 aromatic carbocycles. The molecule has 1 fully saturated rings. The Labute approximate surface area is 179 Å². The van der Waals surface area contributed by atoms with Crippen LogP contribution >= 0.6 is 22.6 Å². The van der Waals surface area contributed by atoms with Crippen molar-refractivity contribution in [3.63, 3.8) is 0 Å². The first-order chi connectivity index (χ1) is 13.3. The van der Waals surface area contributed by atoms with Crippen molar-refractivity contribution in [1.82, 2.24) is 4.90 Å². The predicted molar refractivity (Wildman–Crippen MR) is 117 cm³/mol. The lowest BCUT2D eigenvalue weighted by molar-refractivity contribution is 0.0693. The van der Waals surface area contributed by atoms with E-state index in [1.807, 2.05) is 12.1 Å². The van der Waals surface area contributed by atoms with Crippen LogP contribution < -0.4 is 9.46 Å². The molecule has 0 atom stereocenters. The van der Waals surface area contributed by atoms with Gasteiger partial charge in [-0.2, -0.15) is 0 Å². The number of carbonyl (C=O) groups is 1. The topological polar surface area (TPSA) is 75.7 Å². The maximum atomic E-state index is 13.0. The number of piperidine rings is 1. The van der Waals surface area contributed by atoms with Crippen LogP contribution in [0.25, 0.3) is 0 Å². The van der Waals surface area contributed by atoms with Crippen LogP contribution in [0.2, 0.25) is 0 Å². The van der Waals surface area contributed by atoms with E-state index in [2.05, 4.69) is 34.2 Å². The monoisotopic (exact) mass is 514 g/mol. The Morgan fingerprint density at radius 2 is 1.79 bits per heavy atom. The van der Waals surface area contributed by atoms with Gasteiger partial charge in [0.2, 0.25) is 0 Å². The number of nitrogens with one attached hydrogen (secondary N) is 1. The van der Waals surface area contributed by atoms with Crippen molar-refractivity contribution in [3.05, 3.63) is 51.6 Å². The zero-order valence-corrected chi connectivity index (χ0v) is 18.8. The molecule has 0 aromatic heterocycles. The maximum Gasteiger partial charge on any atom is 0.261 e. The number of benzene rings is 2. The van der Waals surface area contributed by atoms with Crippen LogP contribution in [-0.2, 0) is 10.0 Å². The Balaban J connectivity index is 1.89. The van der Waals surface area contributed by atoms with E-state index in [1.165, 1.54) is 25.3 Å². The first-order valence-electron chi connectivity index (χ1n) is 9.06. The fourth-order valence-corrected chi connectivity index (χ4v) is 4.58. The van der Waals surface area contributed by atoms with E-state index in [-0.39, 0.29) is 16.4 Å². The first kappa shape index (κ1) is 20.9. The predicted octanol–water partition coefficient (Wildman–Crippen LogP) is 3.97. The van der Waals surface area contributed by atoms with Gasteiger partial charge in [0, 0.05) is 22.3 Å². The summed E-state index contributed by atoms with van der Waals surface area (Å²) in [5, 5.41) is 0. The molecule has 1 heterocycles. The molecule has 0 bridgehead atoms. The van der Waals surface area contributed by atoms with Crippen molar-refractivity contribution in [2.75, 3.05) is 24.9 Å². The van der Waals surface area contributed by atoms with Gasteiger partial charge in [-0.15, -0.1) is 0 Å². The lowest BCUT2D eigenvalue weighted by atomic mass is 9.98. The minimum Gasteiger partial charge on any atom is -0.496 e. The summed E-state index contributed by atoms with van der Waals surface area (Å²) in [7, 11) is -2.35. The highest BCUT2D eigenvalue weighted by Crippen LogP contribution is 2.27. The van der Waals surface area contributed by atoms with E-state index in [0.29, 0.717) is 30.4 Å². The molecule has 3 rings (SSSR count). The maximum absolute atomic E-state index is 13.0. The van der Waals surface area contributed by atoms with E-state index in [0.717, 1.165) is 16.4 Å². The summed E-state index contributed by atoms with van der Waals surface area (Å²) < 4.78 is 34.5. The minimum atomic E-state index is -3.83. The van der Waals surface area contributed by atoms with Crippen LogP contribution in [0.5, 0.6) is 5.75 Å². The van der Waals surface area contributed by atoms with E-state index in [9.17, 15) is 13.2 Å². The zero-order valence-electron chi connectivity index (χ0n) is 15.8. The summed E-state index contributed by atoms with van der Waals surface area (Å²) in [5.74, 6) is 0.766. The van der Waals surface area contributed by atoms with Crippen LogP contribution in [0, 0.1) is 9.49 Å². The smallest absolute Gasteiger partial charge is 0.261 e. The van der Waals surface area contributed by atoms with Crippen molar-refractivity contribution < 1.29 is 17.9 Å². The molecule has 1 amide bonds. The average Bonchev–Trinajstić information content (AvgIpc) is 2.69. The quantitative estimate of drug-likeness (QED) is 0.613. The van der Waals surface area contributed by atoms with Gasteiger partial charge in [0.05, 0.1) is 17.6 Å². The Hall–Kier alpha value is -1.81. The van der Waals surface area contributed by atoms with Crippen LogP contribution in [0.1, 0.15) is 30.1 Å². The number of anilines is 1. The fraction of sp³-hybridized carbons (Fsp3) is 0.350. The van der Waals surface area contributed by atoms with Gasteiger partial charge in [-0.1, -0.05) is 6.92 Å². The van der Waals surface area contributed by atoms with Gasteiger partial charge in [-0.3, -0.25) is 9.52 Å². The number of hydrogen-bond donors (Lipinski definition) is 1. The lowest BCUT2D eigenvalue weighted by Crippen LogP contribution is -2.38. The number of sulfonamides is 1. The number of ether oxygens (including phenoxy) is 1. The second kappa shape index (κ2) is 8.69. The summed E-state index contributed by atoms with van der Waals surface area (Å²) in [4.78, 5) is 14.8. The average molecular weight is 514 g/mol. The number of rotatable bonds is 5. The molecule has 1 aliphatic heterocycles. The summed E-state index contributed by atoms with van der Waals surface area (Å²) in [5.41, 5.74) is 0.733. The Morgan fingerprint density at radius 3 is 2.39 bits per heavy atom. The minimum absolute atomic E-state index is 0.0283. The summed E-state index contributed by atoms with van der Waals surface area (Å²) in [6, 6.07) is 11.4. The zero-order chi connectivity index (χ0) is 20.3. The normalized spacial score (nSPS) is 15.3. The first-order valence-corrected chi connectivity index (χ1v) is 11.6. The third-order valence-electron chi connectivity index (χ3n) is 4.88. The second-order valence-electron chi connectivity index (χ2n) is 6.95. The number of halogens is 1. The summed E-state index contributed by atoms with van der Waals surface area (Å²) >= 11 is 2.15. The molecule has 28 heavy (non-hydrogen) atoms. The van der Waals surface area contributed by atoms with Crippen molar-refractivity contribution in [1.29, 1.82) is 0 Å². The molecule has 0 spiro atoms. The summed E-state index contributed by atoms with van der Waals surface area (Å²) in [6.45, 7) is 3.51. The van der Waals surface area contributed by atoms with Gasteiger partial charge in [0.15, 0.2) is 0 Å². The van der Waals surface area contributed by atoms with Crippen LogP contribution in [-0.4, -0.2) is 39.4 Å². The molecule has 150 valence electrons. The van der Waals surface area contributed by atoms with E-state index < -0.39 is 10.0 Å². The van der Waals surface area contributed by atoms with E-state index in [1.54, 1.807) is 17.0 Å². The number of likely N-dealkylation sites (tertiary alicyclic amines) is 1. The van der Waals surface area contributed by atoms with Gasteiger partial charge in [-0.25, -0.2) is 8.42 Å². The molecule has 0 unspecified atom stereocenters. The molecule has 1 saturated heterocycles. The highest BCUT2D eigenvalue weighted by Gasteiger charge is 2.26. The van der Waals surface area contributed by atoms with E-state index in [4.69, 9.17) is 4.74 Å². The molecular weight excluding hydrogens is 491 g/mol. The molecule has 0 radical (unpaired) electrons. The van der Waals surface area contributed by atoms with Gasteiger partial charge < -0.3 is 9.64 Å². The summed E-state index contributed by atoms with van der Waals surface area (Å²) in [6.07, 6.45) is 1.89. The third-order valence-corrected chi connectivity index (χ3v) is 6.98. The van der Waals surface area contributed by atoms with Crippen LogP contribution in [0.4, 0.5) is 5.69 Å². The Kier molecular flexibility index (Phi) is 6.49. The molecule has 6 nitrogen and oxygen atoms in total.